The molecule has 0 aromatic heterocycles. The Balaban J connectivity index is 2.24. The van der Waals surface area contributed by atoms with Crippen molar-refractivity contribution >= 4 is 0 Å². The summed E-state index contributed by atoms with van der Waals surface area (Å²) in [6.07, 6.45) is 5.93. The molecule has 2 nitrogen and oxygen atoms in total. The normalized spacial score (nSPS) is 21.1. The molecule has 2 rings (SSSR count). The largest absolute Gasteiger partial charge is 0.376 e. The molecule has 0 amide bonds. The Morgan fingerprint density at radius 2 is 1.94 bits per heavy atom. The first-order valence-electron chi connectivity index (χ1n) is 6.55. The number of ether oxygens (including phenoxy) is 1. The smallest absolute Gasteiger partial charge is 0.0870 e. The molecule has 1 aromatic rings. The van der Waals surface area contributed by atoms with Crippen LogP contribution in [0.15, 0.2) is 24.3 Å². The van der Waals surface area contributed by atoms with Crippen LogP contribution in [-0.2, 0) is 4.74 Å². The maximum Gasteiger partial charge on any atom is 0.0870 e. The lowest BCUT2D eigenvalue weighted by atomic mass is 9.77. The molecule has 0 heterocycles. The molecule has 17 heavy (non-hydrogen) atoms. The van der Waals surface area contributed by atoms with Crippen LogP contribution in [0, 0.1) is 6.92 Å². The summed E-state index contributed by atoms with van der Waals surface area (Å²) in [5.41, 5.74) is 8.78. The molecule has 94 valence electrons. The molecule has 2 heteroatoms. The second-order valence-corrected chi connectivity index (χ2v) is 5.22. The van der Waals surface area contributed by atoms with Crippen molar-refractivity contribution in [3.05, 3.63) is 35.4 Å². The van der Waals surface area contributed by atoms with E-state index in [2.05, 4.69) is 31.2 Å². The maximum atomic E-state index is 6.46. The van der Waals surface area contributed by atoms with Gasteiger partial charge >= 0.3 is 0 Å². The first kappa shape index (κ1) is 12.6. The Morgan fingerprint density at radius 3 is 2.53 bits per heavy atom. The molecular formula is C15H23NO. The minimum absolute atomic E-state index is 0.00676. The lowest BCUT2D eigenvalue weighted by molar-refractivity contribution is -0.0595. The van der Waals surface area contributed by atoms with E-state index in [1.54, 1.807) is 7.11 Å². The van der Waals surface area contributed by atoms with Gasteiger partial charge in [0.25, 0.3) is 0 Å². The summed E-state index contributed by atoms with van der Waals surface area (Å²) in [6.45, 7) is 2.11. The zero-order valence-electron chi connectivity index (χ0n) is 10.9. The van der Waals surface area contributed by atoms with Gasteiger partial charge in [-0.05, 0) is 25.3 Å². The lowest BCUT2D eigenvalue weighted by Crippen LogP contribution is -2.44. The molecule has 0 bridgehead atoms. The monoisotopic (exact) mass is 233 g/mol. The second-order valence-electron chi connectivity index (χ2n) is 5.22. The number of methoxy groups -OCH3 is 1. The number of hydrogen-bond donors (Lipinski definition) is 1. The van der Waals surface area contributed by atoms with Crippen molar-refractivity contribution in [2.24, 2.45) is 5.73 Å². The molecule has 0 saturated heterocycles. The van der Waals surface area contributed by atoms with Gasteiger partial charge in [0, 0.05) is 7.11 Å². The molecule has 1 saturated carbocycles. The minimum atomic E-state index is -0.147. The number of rotatable bonds is 3. The van der Waals surface area contributed by atoms with Crippen LogP contribution in [0.5, 0.6) is 0 Å². The third kappa shape index (κ3) is 2.53. The van der Waals surface area contributed by atoms with E-state index in [0.29, 0.717) is 0 Å². The van der Waals surface area contributed by atoms with Gasteiger partial charge in [-0.1, -0.05) is 49.1 Å². The SMILES string of the molecule is COC1(C(N)c2cccc(C)c2)CCCCC1. The van der Waals surface area contributed by atoms with Gasteiger partial charge in [-0.2, -0.15) is 0 Å². The Kier molecular flexibility index (Phi) is 3.85. The zero-order chi connectivity index (χ0) is 12.3. The van der Waals surface area contributed by atoms with Gasteiger partial charge in [0.15, 0.2) is 0 Å². The van der Waals surface area contributed by atoms with Crippen LogP contribution in [-0.4, -0.2) is 12.7 Å². The molecule has 1 unspecified atom stereocenters. The Morgan fingerprint density at radius 1 is 1.24 bits per heavy atom. The van der Waals surface area contributed by atoms with Gasteiger partial charge in [0.05, 0.1) is 11.6 Å². The van der Waals surface area contributed by atoms with E-state index in [4.69, 9.17) is 10.5 Å². The molecule has 0 radical (unpaired) electrons. The van der Waals surface area contributed by atoms with Crippen LogP contribution in [0.2, 0.25) is 0 Å². The van der Waals surface area contributed by atoms with E-state index >= 15 is 0 Å². The van der Waals surface area contributed by atoms with Crippen LogP contribution in [0.1, 0.15) is 49.3 Å². The molecule has 0 aliphatic heterocycles. The molecule has 1 fully saturated rings. The third-order valence-corrected chi connectivity index (χ3v) is 4.07. The summed E-state index contributed by atoms with van der Waals surface area (Å²) in [6, 6.07) is 8.48. The highest BCUT2D eigenvalue weighted by Gasteiger charge is 2.38. The van der Waals surface area contributed by atoms with Gasteiger partial charge in [0.1, 0.15) is 0 Å². The number of benzene rings is 1. The minimum Gasteiger partial charge on any atom is -0.376 e. The Hall–Kier alpha value is -0.860. The Labute approximate surface area is 104 Å². The summed E-state index contributed by atoms with van der Waals surface area (Å²) < 4.78 is 5.81. The fraction of sp³-hybridized carbons (Fsp3) is 0.600. The number of aryl methyl sites for hydroxylation is 1. The molecule has 2 N–H and O–H groups in total. The van der Waals surface area contributed by atoms with Crippen molar-refractivity contribution in [1.82, 2.24) is 0 Å². The van der Waals surface area contributed by atoms with E-state index in [1.165, 1.54) is 30.4 Å². The van der Waals surface area contributed by atoms with E-state index in [-0.39, 0.29) is 11.6 Å². The second kappa shape index (κ2) is 5.19. The fourth-order valence-corrected chi connectivity index (χ4v) is 2.96. The van der Waals surface area contributed by atoms with Crippen LogP contribution in [0.4, 0.5) is 0 Å². The summed E-state index contributed by atoms with van der Waals surface area (Å²) in [7, 11) is 1.81. The first-order chi connectivity index (χ1) is 8.18. The van der Waals surface area contributed by atoms with Gasteiger partial charge in [0.2, 0.25) is 0 Å². The molecule has 1 aromatic carbocycles. The topological polar surface area (TPSA) is 35.2 Å². The van der Waals surface area contributed by atoms with Gasteiger partial charge in [-0.15, -0.1) is 0 Å². The van der Waals surface area contributed by atoms with Crippen LogP contribution in [0.3, 0.4) is 0 Å². The van der Waals surface area contributed by atoms with Crippen molar-refractivity contribution in [2.45, 2.75) is 50.7 Å². The quantitative estimate of drug-likeness (QED) is 0.869. The van der Waals surface area contributed by atoms with Crippen molar-refractivity contribution in [3.8, 4) is 0 Å². The van der Waals surface area contributed by atoms with Crippen molar-refractivity contribution in [2.75, 3.05) is 7.11 Å². The van der Waals surface area contributed by atoms with E-state index in [9.17, 15) is 0 Å². The summed E-state index contributed by atoms with van der Waals surface area (Å²) in [4.78, 5) is 0. The highest BCUT2D eigenvalue weighted by atomic mass is 16.5. The van der Waals surface area contributed by atoms with Gasteiger partial charge in [-0.25, -0.2) is 0 Å². The van der Waals surface area contributed by atoms with Crippen molar-refractivity contribution < 1.29 is 4.74 Å². The van der Waals surface area contributed by atoms with Crippen LogP contribution >= 0.6 is 0 Å². The third-order valence-electron chi connectivity index (χ3n) is 4.07. The van der Waals surface area contributed by atoms with E-state index in [1.807, 2.05) is 0 Å². The zero-order valence-corrected chi connectivity index (χ0v) is 10.9. The molecule has 0 spiro atoms. The Bertz CT molecular complexity index is 369. The summed E-state index contributed by atoms with van der Waals surface area (Å²) >= 11 is 0. The molecule has 1 atom stereocenters. The number of hydrogen-bond acceptors (Lipinski definition) is 2. The van der Waals surface area contributed by atoms with E-state index < -0.39 is 0 Å². The maximum absolute atomic E-state index is 6.46. The molecule has 1 aliphatic rings. The van der Waals surface area contributed by atoms with Gasteiger partial charge in [-0.3, -0.25) is 0 Å². The molecular weight excluding hydrogens is 210 g/mol. The number of nitrogens with two attached hydrogens (primary N) is 1. The first-order valence-corrected chi connectivity index (χ1v) is 6.55. The average Bonchev–Trinajstić information content (AvgIpc) is 2.38. The highest BCUT2D eigenvalue weighted by molar-refractivity contribution is 5.27. The standard InChI is InChI=1S/C15H23NO/c1-12-7-6-8-13(11-12)14(16)15(17-2)9-4-3-5-10-15/h6-8,11,14H,3-5,9-10,16H2,1-2H3. The lowest BCUT2D eigenvalue weighted by Gasteiger charge is -2.41. The van der Waals surface area contributed by atoms with Crippen molar-refractivity contribution in [3.63, 3.8) is 0 Å². The summed E-state index contributed by atoms with van der Waals surface area (Å²) in [5.74, 6) is 0. The fourth-order valence-electron chi connectivity index (χ4n) is 2.96. The highest BCUT2D eigenvalue weighted by Crippen LogP contribution is 2.39. The summed E-state index contributed by atoms with van der Waals surface area (Å²) in [5, 5.41) is 0. The molecule has 1 aliphatic carbocycles. The van der Waals surface area contributed by atoms with Gasteiger partial charge < -0.3 is 10.5 Å². The average molecular weight is 233 g/mol. The predicted molar refractivity (Wildman–Crippen MR) is 70.9 cm³/mol. The predicted octanol–water partition coefficient (Wildman–Crippen LogP) is 3.34. The van der Waals surface area contributed by atoms with Crippen molar-refractivity contribution in [1.29, 1.82) is 0 Å². The van der Waals surface area contributed by atoms with Crippen LogP contribution < -0.4 is 5.73 Å². The van der Waals surface area contributed by atoms with E-state index in [0.717, 1.165) is 12.8 Å². The van der Waals surface area contributed by atoms with Crippen LogP contribution in [0.25, 0.3) is 0 Å².